The van der Waals surface area contributed by atoms with E-state index in [-0.39, 0.29) is 6.54 Å². The van der Waals surface area contributed by atoms with Crippen LogP contribution in [0, 0.1) is 13.8 Å². The third kappa shape index (κ3) is 2.69. The second kappa shape index (κ2) is 5.56. The second-order valence-corrected chi connectivity index (χ2v) is 4.43. The highest BCUT2D eigenvalue weighted by Gasteiger charge is 2.15. The summed E-state index contributed by atoms with van der Waals surface area (Å²) in [4.78, 5) is 25.9. The number of amides is 1. The SMILES string of the molecule is Cc1nc(-c2cccc(NC=O)c2)n(CC(=O)O)c1C. The van der Waals surface area contributed by atoms with Gasteiger partial charge >= 0.3 is 5.97 Å². The lowest BCUT2D eigenvalue weighted by Crippen LogP contribution is -2.11. The van der Waals surface area contributed by atoms with Crippen LogP contribution in [0.1, 0.15) is 11.4 Å². The van der Waals surface area contributed by atoms with E-state index < -0.39 is 5.97 Å². The number of imidazole rings is 1. The summed E-state index contributed by atoms with van der Waals surface area (Å²) in [7, 11) is 0. The van der Waals surface area contributed by atoms with Crippen LogP contribution in [0.3, 0.4) is 0 Å². The highest BCUT2D eigenvalue weighted by atomic mass is 16.4. The lowest BCUT2D eigenvalue weighted by molar-refractivity contribution is -0.137. The fraction of sp³-hybridized carbons (Fsp3) is 0.214. The lowest BCUT2D eigenvalue weighted by Gasteiger charge is -2.08. The van der Waals surface area contributed by atoms with Crippen LogP contribution in [0.5, 0.6) is 0 Å². The molecule has 2 aromatic rings. The Morgan fingerprint density at radius 2 is 2.20 bits per heavy atom. The number of aliphatic carboxylic acids is 1. The molecule has 1 aromatic heterocycles. The standard InChI is InChI=1S/C14H15N3O3/c1-9-10(2)17(7-13(19)20)14(16-9)11-4-3-5-12(6-11)15-8-18/h3-6,8H,7H2,1-2H3,(H,15,18)(H,19,20). The Labute approximate surface area is 116 Å². The Balaban J connectivity index is 2.51. The van der Waals surface area contributed by atoms with Crippen LogP contribution in [0.2, 0.25) is 0 Å². The number of nitrogens with zero attached hydrogens (tertiary/aromatic N) is 2. The number of carbonyl (C=O) groups is 2. The van der Waals surface area contributed by atoms with E-state index in [0.717, 1.165) is 17.0 Å². The van der Waals surface area contributed by atoms with Crippen molar-refractivity contribution in [2.75, 3.05) is 5.32 Å². The number of hydrogen-bond acceptors (Lipinski definition) is 3. The fourth-order valence-electron chi connectivity index (χ4n) is 2.02. The van der Waals surface area contributed by atoms with Crippen LogP contribution in [0.15, 0.2) is 24.3 Å². The summed E-state index contributed by atoms with van der Waals surface area (Å²) >= 11 is 0. The molecule has 0 bridgehead atoms. The van der Waals surface area contributed by atoms with E-state index in [0.29, 0.717) is 17.9 Å². The van der Waals surface area contributed by atoms with E-state index in [1.807, 2.05) is 19.9 Å². The molecule has 0 spiro atoms. The molecule has 104 valence electrons. The van der Waals surface area contributed by atoms with Gasteiger partial charge in [0.25, 0.3) is 0 Å². The summed E-state index contributed by atoms with van der Waals surface area (Å²) in [5.74, 6) is -0.342. The van der Waals surface area contributed by atoms with Crippen LogP contribution in [0.25, 0.3) is 11.4 Å². The molecule has 2 N–H and O–H groups in total. The molecule has 0 radical (unpaired) electrons. The normalized spacial score (nSPS) is 10.3. The van der Waals surface area contributed by atoms with Crippen LogP contribution in [-0.2, 0) is 16.1 Å². The Hall–Kier alpha value is -2.63. The number of anilines is 1. The molecule has 0 aliphatic carbocycles. The topological polar surface area (TPSA) is 84.2 Å². The molecule has 20 heavy (non-hydrogen) atoms. The number of hydrogen-bond donors (Lipinski definition) is 2. The van der Waals surface area contributed by atoms with Crippen molar-refractivity contribution >= 4 is 18.1 Å². The minimum absolute atomic E-state index is 0.145. The highest BCUT2D eigenvalue weighted by Crippen LogP contribution is 2.24. The van der Waals surface area contributed by atoms with E-state index in [9.17, 15) is 9.59 Å². The van der Waals surface area contributed by atoms with Gasteiger partial charge in [0.2, 0.25) is 6.41 Å². The summed E-state index contributed by atoms with van der Waals surface area (Å²) in [5, 5.41) is 11.6. The van der Waals surface area contributed by atoms with E-state index >= 15 is 0 Å². The maximum absolute atomic E-state index is 11.0. The van der Waals surface area contributed by atoms with E-state index in [1.54, 1.807) is 22.8 Å². The van der Waals surface area contributed by atoms with E-state index in [1.165, 1.54) is 0 Å². The van der Waals surface area contributed by atoms with Gasteiger partial charge in [-0.25, -0.2) is 4.98 Å². The maximum atomic E-state index is 11.0. The van der Waals surface area contributed by atoms with Gasteiger partial charge in [-0.1, -0.05) is 12.1 Å². The molecular weight excluding hydrogens is 258 g/mol. The molecule has 0 aliphatic heterocycles. The Kier molecular flexibility index (Phi) is 3.84. The van der Waals surface area contributed by atoms with Crippen molar-refractivity contribution in [2.45, 2.75) is 20.4 Å². The second-order valence-electron chi connectivity index (χ2n) is 4.43. The van der Waals surface area contributed by atoms with Crippen molar-refractivity contribution < 1.29 is 14.7 Å². The Morgan fingerprint density at radius 3 is 2.85 bits per heavy atom. The maximum Gasteiger partial charge on any atom is 0.323 e. The predicted octanol–water partition coefficient (Wildman–Crippen LogP) is 1.82. The smallest absolute Gasteiger partial charge is 0.323 e. The summed E-state index contributed by atoms with van der Waals surface area (Å²) < 4.78 is 1.65. The number of aromatic nitrogens is 2. The van der Waals surface area contributed by atoms with Crippen molar-refractivity contribution in [2.24, 2.45) is 0 Å². The minimum atomic E-state index is -0.922. The van der Waals surface area contributed by atoms with Crippen LogP contribution in [-0.4, -0.2) is 27.0 Å². The molecule has 0 aliphatic rings. The zero-order chi connectivity index (χ0) is 14.7. The van der Waals surface area contributed by atoms with Gasteiger partial charge in [0, 0.05) is 16.9 Å². The van der Waals surface area contributed by atoms with Gasteiger partial charge in [0.05, 0.1) is 5.69 Å². The number of carbonyl (C=O) groups excluding carboxylic acids is 1. The van der Waals surface area contributed by atoms with Gasteiger partial charge in [-0.05, 0) is 26.0 Å². The summed E-state index contributed by atoms with van der Waals surface area (Å²) in [6.07, 6.45) is 0.597. The summed E-state index contributed by atoms with van der Waals surface area (Å²) in [5.41, 5.74) is 3.00. The summed E-state index contributed by atoms with van der Waals surface area (Å²) in [6, 6.07) is 7.12. The van der Waals surface area contributed by atoms with Gasteiger partial charge in [-0.3, -0.25) is 9.59 Å². The monoisotopic (exact) mass is 273 g/mol. The molecule has 0 atom stereocenters. The van der Waals surface area contributed by atoms with Crippen molar-refractivity contribution in [3.63, 3.8) is 0 Å². The molecule has 2 rings (SSSR count). The number of benzene rings is 1. The molecule has 6 nitrogen and oxygen atoms in total. The third-order valence-electron chi connectivity index (χ3n) is 3.10. The van der Waals surface area contributed by atoms with E-state index in [4.69, 9.17) is 5.11 Å². The quantitative estimate of drug-likeness (QED) is 0.814. The van der Waals surface area contributed by atoms with Gasteiger partial charge < -0.3 is 15.0 Å². The molecule has 0 unspecified atom stereocenters. The van der Waals surface area contributed by atoms with Crippen LogP contribution < -0.4 is 5.32 Å². The molecule has 1 aromatic carbocycles. The molecule has 1 amide bonds. The molecule has 0 fully saturated rings. The number of carboxylic acids is 1. The average Bonchev–Trinajstić information content (AvgIpc) is 2.67. The number of aryl methyl sites for hydroxylation is 1. The molecule has 0 saturated carbocycles. The number of carboxylic acid groups (broad SMARTS) is 1. The van der Waals surface area contributed by atoms with Crippen LogP contribution >= 0.6 is 0 Å². The largest absolute Gasteiger partial charge is 0.480 e. The van der Waals surface area contributed by atoms with E-state index in [2.05, 4.69) is 10.3 Å². The first-order valence-corrected chi connectivity index (χ1v) is 6.09. The minimum Gasteiger partial charge on any atom is -0.480 e. The molecule has 6 heteroatoms. The Morgan fingerprint density at radius 1 is 1.45 bits per heavy atom. The Bertz CT molecular complexity index is 662. The van der Waals surface area contributed by atoms with Crippen molar-refractivity contribution in [1.29, 1.82) is 0 Å². The zero-order valence-electron chi connectivity index (χ0n) is 11.3. The van der Waals surface area contributed by atoms with Gasteiger partial charge in [0.1, 0.15) is 12.4 Å². The first-order chi connectivity index (χ1) is 9.52. The average molecular weight is 273 g/mol. The first kappa shape index (κ1) is 13.8. The van der Waals surface area contributed by atoms with Crippen molar-refractivity contribution in [1.82, 2.24) is 9.55 Å². The van der Waals surface area contributed by atoms with Crippen molar-refractivity contribution in [3.8, 4) is 11.4 Å². The van der Waals surface area contributed by atoms with Gasteiger partial charge in [0.15, 0.2) is 0 Å². The molecule has 1 heterocycles. The highest BCUT2D eigenvalue weighted by molar-refractivity contribution is 5.75. The number of nitrogens with one attached hydrogen (secondary N) is 1. The predicted molar refractivity (Wildman–Crippen MR) is 74.5 cm³/mol. The summed E-state index contributed by atoms with van der Waals surface area (Å²) in [6.45, 7) is 3.53. The number of rotatable bonds is 5. The first-order valence-electron chi connectivity index (χ1n) is 6.09. The fourth-order valence-corrected chi connectivity index (χ4v) is 2.02. The van der Waals surface area contributed by atoms with Gasteiger partial charge in [-0.15, -0.1) is 0 Å². The van der Waals surface area contributed by atoms with Crippen LogP contribution in [0.4, 0.5) is 5.69 Å². The third-order valence-corrected chi connectivity index (χ3v) is 3.10. The molecule has 0 saturated heterocycles. The lowest BCUT2D eigenvalue weighted by atomic mass is 10.2. The zero-order valence-corrected chi connectivity index (χ0v) is 11.3. The molecular formula is C14H15N3O3. The van der Waals surface area contributed by atoms with Crippen molar-refractivity contribution in [3.05, 3.63) is 35.7 Å². The van der Waals surface area contributed by atoms with Gasteiger partial charge in [-0.2, -0.15) is 0 Å².